The molecule has 2 fully saturated rings. The zero-order valence-electron chi connectivity index (χ0n) is 15.4. The standard InChI is InChI=1S/C22H25ClN2O2/c1-15(16-7-9-20(23)10-8-16)24-21(26)25-13-17-11-22(27,12-18(17)14-25)19-5-3-2-4-6-19/h2-10,15,17-18,27H,11-14H2,1H3,(H,24,26)/t15-,17-,18+,22?/m1/s1. The Labute approximate surface area is 165 Å². The van der Waals surface area contributed by atoms with E-state index < -0.39 is 5.60 Å². The van der Waals surface area contributed by atoms with Gasteiger partial charge in [0.05, 0.1) is 11.6 Å². The second-order valence-electron chi connectivity index (χ2n) is 7.95. The fourth-order valence-corrected chi connectivity index (χ4v) is 4.74. The van der Waals surface area contributed by atoms with Crippen molar-refractivity contribution >= 4 is 17.6 Å². The quantitative estimate of drug-likeness (QED) is 0.827. The number of nitrogens with zero attached hydrogens (tertiary/aromatic N) is 1. The van der Waals surface area contributed by atoms with E-state index in [-0.39, 0.29) is 12.1 Å². The molecule has 1 aliphatic carbocycles. The molecule has 0 radical (unpaired) electrons. The molecule has 142 valence electrons. The van der Waals surface area contributed by atoms with Crippen molar-refractivity contribution in [3.05, 3.63) is 70.7 Å². The van der Waals surface area contributed by atoms with Crippen molar-refractivity contribution in [2.75, 3.05) is 13.1 Å². The van der Waals surface area contributed by atoms with Crippen molar-refractivity contribution in [3.8, 4) is 0 Å². The molecule has 2 aliphatic rings. The Morgan fingerprint density at radius 3 is 2.30 bits per heavy atom. The predicted molar refractivity (Wildman–Crippen MR) is 107 cm³/mol. The average Bonchev–Trinajstić information content (AvgIpc) is 3.19. The van der Waals surface area contributed by atoms with Crippen molar-refractivity contribution in [2.45, 2.75) is 31.4 Å². The smallest absolute Gasteiger partial charge is 0.317 e. The number of carbonyl (C=O) groups excluding carboxylic acids is 1. The number of likely N-dealkylation sites (tertiary alicyclic amines) is 1. The van der Waals surface area contributed by atoms with E-state index in [0.29, 0.717) is 29.9 Å². The Morgan fingerprint density at radius 2 is 1.70 bits per heavy atom. The highest BCUT2D eigenvalue weighted by Gasteiger charge is 2.49. The number of hydrogen-bond donors (Lipinski definition) is 2. The summed E-state index contributed by atoms with van der Waals surface area (Å²) in [5, 5.41) is 14.9. The molecule has 2 amide bonds. The number of rotatable bonds is 3. The second kappa shape index (κ2) is 7.17. The number of fused-ring (bicyclic) bond motifs is 1. The Balaban J connectivity index is 1.36. The zero-order valence-corrected chi connectivity index (χ0v) is 16.2. The molecule has 4 rings (SSSR count). The maximum Gasteiger partial charge on any atom is 0.317 e. The van der Waals surface area contributed by atoms with Gasteiger partial charge in [-0.15, -0.1) is 0 Å². The van der Waals surface area contributed by atoms with Gasteiger partial charge in [-0.1, -0.05) is 54.1 Å². The molecule has 27 heavy (non-hydrogen) atoms. The van der Waals surface area contributed by atoms with E-state index in [9.17, 15) is 9.90 Å². The van der Waals surface area contributed by atoms with Crippen molar-refractivity contribution < 1.29 is 9.90 Å². The van der Waals surface area contributed by atoms with E-state index in [1.54, 1.807) is 0 Å². The molecule has 0 spiro atoms. The summed E-state index contributed by atoms with van der Waals surface area (Å²) in [5.41, 5.74) is 1.27. The number of aliphatic hydroxyl groups is 1. The molecule has 1 heterocycles. The fourth-order valence-electron chi connectivity index (χ4n) is 4.61. The number of benzene rings is 2. The molecule has 4 atom stereocenters. The van der Waals surface area contributed by atoms with E-state index in [1.807, 2.05) is 66.4 Å². The number of halogens is 1. The Kier molecular flexibility index (Phi) is 4.87. The molecule has 2 N–H and O–H groups in total. The predicted octanol–water partition coefficient (Wildman–Crippen LogP) is 4.34. The van der Waals surface area contributed by atoms with Crippen LogP contribution < -0.4 is 5.32 Å². The maximum atomic E-state index is 12.7. The summed E-state index contributed by atoms with van der Waals surface area (Å²) < 4.78 is 0. The van der Waals surface area contributed by atoms with Gasteiger partial charge in [-0.3, -0.25) is 0 Å². The van der Waals surface area contributed by atoms with Crippen molar-refractivity contribution in [1.82, 2.24) is 10.2 Å². The van der Waals surface area contributed by atoms with Gasteiger partial charge in [-0.05, 0) is 54.9 Å². The lowest BCUT2D eigenvalue weighted by Gasteiger charge is -2.27. The molecule has 1 saturated heterocycles. The van der Waals surface area contributed by atoms with Gasteiger partial charge in [0.15, 0.2) is 0 Å². The lowest BCUT2D eigenvalue weighted by Crippen LogP contribution is -2.41. The van der Waals surface area contributed by atoms with Gasteiger partial charge in [0.25, 0.3) is 0 Å². The second-order valence-corrected chi connectivity index (χ2v) is 8.39. The van der Waals surface area contributed by atoms with Crippen LogP contribution in [0.1, 0.15) is 36.9 Å². The molecule has 1 saturated carbocycles. The van der Waals surface area contributed by atoms with Crippen molar-refractivity contribution in [2.24, 2.45) is 11.8 Å². The molecule has 0 aromatic heterocycles. The first-order chi connectivity index (χ1) is 12.9. The van der Waals surface area contributed by atoms with Crippen LogP contribution in [0.3, 0.4) is 0 Å². The van der Waals surface area contributed by atoms with Crippen LogP contribution in [0.25, 0.3) is 0 Å². The van der Waals surface area contributed by atoms with Gasteiger partial charge in [0.1, 0.15) is 0 Å². The first-order valence-electron chi connectivity index (χ1n) is 9.53. The van der Waals surface area contributed by atoms with Gasteiger partial charge in [-0.2, -0.15) is 0 Å². The van der Waals surface area contributed by atoms with Crippen LogP contribution >= 0.6 is 11.6 Å². The van der Waals surface area contributed by atoms with Crippen molar-refractivity contribution in [3.63, 3.8) is 0 Å². The third-order valence-corrected chi connectivity index (χ3v) is 6.34. The summed E-state index contributed by atoms with van der Waals surface area (Å²) in [6.45, 7) is 3.39. The van der Waals surface area contributed by atoms with Crippen molar-refractivity contribution in [1.29, 1.82) is 0 Å². The molecule has 2 aromatic carbocycles. The van der Waals surface area contributed by atoms with E-state index in [4.69, 9.17) is 11.6 Å². The molecule has 5 heteroatoms. The third-order valence-electron chi connectivity index (χ3n) is 6.08. The summed E-state index contributed by atoms with van der Waals surface area (Å²) in [6.07, 6.45) is 1.44. The lowest BCUT2D eigenvalue weighted by atomic mass is 9.90. The summed E-state index contributed by atoms with van der Waals surface area (Å²) >= 11 is 5.93. The van der Waals surface area contributed by atoms with Crippen LogP contribution in [0.15, 0.2) is 54.6 Å². The molecule has 1 aliphatic heterocycles. The maximum absolute atomic E-state index is 12.7. The van der Waals surface area contributed by atoms with Crippen LogP contribution in [0.5, 0.6) is 0 Å². The Morgan fingerprint density at radius 1 is 1.11 bits per heavy atom. The molecule has 0 bridgehead atoms. The van der Waals surface area contributed by atoms with Crippen LogP contribution in [-0.4, -0.2) is 29.1 Å². The number of urea groups is 1. The monoisotopic (exact) mass is 384 g/mol. The van der Waals surface area contributed by atoms with Gasteiger partial charge < -0.3 is 15.3 Å². The lowest BCUT2D eigenvalue weighted by molar-refractivity contribution is 0.0326. The Bertz CT molecular complexity index is 795. The molecule has 1 unspecified atom stereocenters. The topological polar surface area (TPSA) is 52.6 Å². The third kappa shape index (κ3) is 3.69. The van der Waals surface area contributed by atoms with Gasteiger partial charge >= 0.3 is 6.03 Å². The Hall–Kier alpha value is -2.04. The molecule has 4 nitrogen and oxygen atoms in total. The van der Waals surface area contributed by atoms with Crippen LogP contribution in [0.2, 0.25) is 5.02 Å². The minimum absolute atomic E-state index is 0.0323. The largest absolute Gasteiger partial charge is 0.385 e. The summed E-state index contributed by atoms with van der Waals surface area (Å²) in [4.78, 5) is 14.6. The van der Waals surface area contributed by atoms with E-state index in [1.165, 1.54) is 0 Å². The molecular weight excluding hydrogens is 360 g/mol. The van der Waals surface area contributed by atoms with Gasteiger partial charge in [-0.25, -0.2) is 4.79 Å². The number of carbonyl (C=O) groups is 1. The summed E-state index contributed by atoms with van der Waals surface area (Å²) in [6, 6.07) is 17.4. The molecule has 2 aromatic rings. The first-order valence-corrected chi connectivity index (χ1v) is 9.91. The number of nitrogens with one attached hydrogen (secondary N) is 1. The van der Waals surface area contributed by atoms with E-state index in [2.05, 4.69) is 5.32 Å². The first kappa shape index (κ1) is 18.3. The summed E-state index contributed by atoms with van der Waals surface area (Å²) in [5.74, 6) is 0.707. The SMILES string of the molecule is C[C@@H](NC(=O)N1C[C@@H]2CC(O)(c3ccccc3)C[C@@H]2C1)c1ccc(Cl)cc1. The number of amides is 2. The van der Waals surface area contributed by atoms with Crippen LogP contribution in [0.4, 0.5) is 4.79 Å². The van der Waals surface area contributed by atoms with Gasteiger partial charge in [0.2, 0.25) is 0 Å². The minimum Gasteiger partial charge on any atom is -0.385 e. The number of hydrogen-bond acceptors (Lipinski definition) is 2. The summed E-state index contributed by atoms with van der Waals surface area (Å²) in [7, 11) is 0. The minimum atomic E-state index is -0.754. The highest BCUT2D eigenvalue weighted by atomic mass is 35.5. The highest BCUT2D eigenvalue weighted by molar-refractivity contribution is 6.30. The normalized spacial score (nSPS) is 28.0. The highest BCUT2D eigenvalue weighted by Crippen LogP contribution is 2.48. The van der Waals surface area contributed by atoms with E-state index in [0.717, 1.165) is 24.0 Å². The van der Waals surface area contributed by atoms with Gasteiger partial charge in [0, 0.05) is 18.1 Å². The van der Waals surface area contributed by atoms with Crippen LogP contribution in [0, 0.1) is 11.8 Å². The fraction of sp³-hybridized carbons (Fsp3) is 0.409. The zero-order chi connectivity index (χ0) is 19.0. The molecular formula is C22H25ClN2O2. The van der Waals surface area contributed by atoms with Crippen LogP contribution in [-0.2, 0) is 5.60 Å². The average molecular weight is 385 g/mol. The van der Waals surface area contributed by atoms with E-state index >= 15 is 0 Å².